The number of halogens is 3. The number of aliphatic hydroxyl groups excluding tert-OH is 1. The number of benzene rings is 2. The number of likely N-dealkylation sites (tertiary alicyclic amines) is 1. The number of anilines is 1. The van der Waals surface area contributed by atoms with Crippen molar-refractivity contribution in [3.8, 4) is 5.75 Å². The Morgan fingerprint density at radius 3 is 2.42 bits per heavy atom. The molecule has 10 heteroatoms. The Labute approximate surface area is 232 Å². The number of rotatable bonds is 11. The van der Waals surface area contributed by atoms with E-state index in [1.807, 2.05) is 37.2 Å². The number of methoxy groups -OCH3 is 1. The van der Waals surface area contributed by atoms with Crippen molar-refractivity contribution in [2.45, 2.75) is 44.6 Å². The van der Waals surface area contributed by atoms with Crippen LogP contribution in [0.5, 0.6) is 5.75 Å². The summed E-state index contributed by atoms with van der Waals surface area (Å²) in [4.78, 5) is 21.0. The summed E-state index contributed by atoms with van der Waals surface area (Å²) in [5.74, 6) is -4.09. The average Bonchev–Trinajstić information content (AvgIpc) is 2.94. The molecule has 0 saturated carbocycles. The van der Waals surface area contributed by atoms with Crippen molar-refractivity contribution in [3.63, 3.8) is 0 Å². The quantitative estimate of drug-likeness (QED) is 0.307. The molecule has 1 fully saturated rings. The van der Waals surface area contributed by atoms with Gasteiger partial charge in [-0.2, -0.15) is 0 Å². The summed E-state index contributed by atoms with van der Waals surface area (Å²) in [5, 5.41) is 22.4. The molecule has 216 valence electrons. The largest absolute Gasteiger partial charge is 0.497 e. The average molecular weight is 560 g/mol. The zero-order valence-corrected chi connectivity index (χ0v) is 23.1. The molecule has 3 aromatic rings. The number of aromatic nitrogens is 1. The molecule has 0 radical (unpaired) electrons. The Kier molecular flexibility index (Phi) is 9.20. The normalized spacial score (nSPS) is 16.2. The number of piperidine rings is 1. The molecule has 1 unspecified atom stereocenters. The van der Waals surface area contributed by atoms with Gasteiger partial charge in [0, 0.05) is 25.0 Å². The van der Waals surface area contributed by atoms with Crippen molar-refractivity contribution in [1.29, 1.82) is 0 Å². The van der Waals surface area contributed by atoms with Crippen LogP contribution in [0.2, 0.25) is 0 Å². The van der Waals surface area contributed by atoms with E-state index in [-0.39, 0.29) is 6.42 Å². The molecule has 1 saturated heterocycles. The van der Waals surface area contributed by atoms with Gasteiger partial charge in [0.2, 0.25) is 0 Å². The number of aliphatic carboxylic acids is 1. The smallest absolute Gasteiger partial charge is 0.309 e. The lowest BCUT2D eigenvalue weighted by atomic mass is 9.74. The Morgan fingerprint density at radius 2 is 1.82 bits per heavy atom. The minimum Gasteiger partial charge on any atom is -0.497 e. The number of ether oxygens (including phenoxy) is 1. The maximum absolute atomic E-state index is 13.5. The molecular formula is C30H36F3N3O4. The van der Waals surface area contributed by atoms with Crippen molar-refractivity contribution in [1.82, 2.24) is 9.88 Å². The first-order chi connectivity index (χ1) is 19.0. The fourth-order valence-electron chi connectivity index (χ4n) is 5.61. The van der Waals surface area contributed by atoms with Crippen molar-refractivity contribution in [2.75, 3.05) is 45.7 Å². The van der Waals surface area contributed by atoms with Crippen LogP contribution in [-0.4, -0.2) is 66.9 Å². The molecule has 0 bridgehead atoms. The van der Waals surface area contributed by atoms with Crippen LogP contribution < -0.4 is 9.64 Å². The second-order valence-corrected chi connectivity index (χ2v) is 10.8. The molecule has 2 aromatic carbocycles. The monoisotopic (exact) mass is 559 g/mol. The SMILES string of the molecule is COc1ccc2ncc(N(C)C)c(C(O)CCC3(C(=O)O)CCN(CCCc4cc(F)c(F)c(F)c4)CC3)c2c1. The third-order valence-corrected chi connectivity index (χ3v) is 8.06. The van der Waals surface area contributed by atoms with Crippen LogP contribution >= 0.6 is 0 Å². The van der Waals surface area contributed by atoms with Crippen LogP contribution in [0.4, 0.5) is 18.9 Å². The fraction of sp³-hybridized carbons (Fsp3) is 0.467. The van der Waals surface area contributed by atoms with E-state index in [9.17, 15) is 28.2 Å². The molecule has 2 heterocycles. The van der Waals surface area contributed by atoms with Crippen LogP contribution in [-0.2, 0) is 11.2 Å². The number of hydrogen-bond donors (Lipinski definition) is 2. The Bertz CT molecular complexity index is 1340. The molecule has 0 amide bonds. The van der Waals surface area contributed by atoms with Crippen LogP contribution in [0, 0.1) is 22.9 Å². The van der Waals surface area contributed by atoms with Gasteiger partial charge in [-0.25, -0.2) is 13.2 Å². The lowest BCUT2D eigenvalue weighted by molar-refractivity contribution is -0.153. The summed E-state index contributed by atoms with van der Waals surface area (Å²) < 4.78 is 45.5. The van der Waals surface area contributed by atoms with Gasteiger partial charge >= 0.3 is 5.97 Å². The molecule has 1 aliphatic rings. The summed E-state index contributed by atoms with van der Waals surface area (Å²) in [6.45, 7) is 1.76. The maximum atomic E-state index is 13.5. The Hall–Kier alpha value is -3.37. The summed E-state index contributed by atoms with van der Waals surface area (Å²) in [6, 6.07) is 7.51. The third-order valence-electron chi connectivity index (χ3n) is 8.06. The molecule has 0 spiro atoms. The van der Waals surface area contributed by atoms with Crippen LogP contribution in [0.3, 0.4) is 0 Å². The standard InChI is InChI=1S/C30H36F3N3O4/c1-35(2)25-18-34-24-7-6-20(40-3)17-21(24)27(25)26(37)8-9-30(29(38)39)10-13-36(14-11-30)12-4-5-19-15-22(31)28(33)23(32)16-19/h6-7,15-18,26,37H,4-5,8-14H2,1-3H3,(H,38,39). The minimum absolute atomic E-state index is 0.269. The topological polar surface area (TPSA) is 86.1 Å². The molecule has 0 aliphatic carbocycles. The zero-order chi connectivity index (χ0) is 29.0. The Balaban J connectivity index is 1.40. The van der Waals surface area contributed by atoms with Crippen LogP contribution in [0.25, 0.3) is 10.9 Å². The maximum Gasteiger partial charge on any atom is 0.309 e. The molecule has 2 N–H and O–H groups in total. The highest BCUT2D eigenvalue weighted by Gasteiger charge is 2.41. The van der Waals surface area contributed by atoms with E-state index in [4.69, 9.17) is 4.74 Å². The van der Waals surface area contributed by atoms with E-state index in [2.05, 4.69) is 9.88 Å². The molecule has 1 aliphatic heterocycles. The van der Waals surface area contributed by atoms with Crippen LogP contribution in [0.15, 0.2) is 36.5 Å². The number of carboxylic acid groups (broad SMARTS) is 1. The minimum atomic E-state index is -1.47. The van der Waals surface area contributed by atoms with Gasteiger partial charge in [-0.3, -0.25) is 9.78 Å². The number of carbonyl (C=O) groups is 1. The summed E-state index contributed by atoms with van der Waals surface area (Å²) in [6.07, 6.45) is 3.25. The van der Waals surface area contributed by atoms with Gasteiger partial charge in [0.15, 0.2) is 17.5 Å². The molecule has 4 rings (SSSR count). The van der Waals surface area contributed by atoms with Gasteiger partial charge in [-0.15, -0.1) is 0 Å². The summed E-state index contributed by atoms with van der Waals surface area (Å²) >= 11 is 0. The first-order valence-corrected chi connectivity index (χ1v) is 13.5. The van der Waals surface area contributed by atoms with E-state index in [1.165, 1.54) is 0 Å². The van der Waals surface area contributed by atoms with Crippen molar-refractivity contribution < 1.29 is 32.9 Å². The third kappa shape index (κ3) is 6.33. The van der Waals surface area contributed by atoms with Crippen molar-refractivity contribution in [3.05, 3.63) is 65.1 Å². The van der Waals surface area contributed by atoms with Crippen molar-refractivity contribution >= 4 is 22.6 Å². The fourth-order valence-corrected chi connectivity index (χ4v) is 5.61. The Morgan fingerprint density at radius 1 is 1.15 bits per heavy atom. The molecule has 7 nitrogen and oxygen atoms in total. The molecular weight excluding hydrogens is 523 g/mol. The second-order valence-electron chi connectivity index (χ2n) is 10.8. The van der Waals surface area contributed by atoms with E-state index in [1.54, 1.807) is 13.3 Å². The molecule has 1 atom stereocenters. The number of nitrogens with zero attached hydrogens (tertiary/aromatic N) is 3. The number of carboxylic acids is 1. The highest BCUT2D eigenvalue weighted by Crippen LogP contribution is 2.41. The second kappa shape index (κ2) is 12.4. The summed E-state index contributed by atoms with van der Waals surface area (Å²) in [5.41, 5.74) is 1.60. The number of fused-ring (bicyclic) bond motifs is 1. The number of hydrogen-bond acceptors (Lipinski definition) is 6. The van der Waals surface area contributed by atoms with Gasteiger partial charge in [0.1, 0.15) is 5.75 Å². The summed E-state index contributed by atoms with van der Waals surface area (Å²) in [7, 11) is 5.32. The number of aryl methyl sites for hydroxylation is 1. The molecule has 1 aromatic heterocycles. The first-order valence-electron chi connectivity index (χ1n) is 13.5. The van der Waals surface area contributed by atoms with Crippen LogP contribution in [0.1, 0.15) is 49.3 Å². The van der Waals surface area contributed by atoms with Gasteiger partial charge < -0.3 is 24.7 Å². The lowest BCUT2D eigenvalue weighted by Crippen LogP contribution is -2.44. The van der Waals surface area contributed by atoms with Gasteiger partial charge in [-0.1, -0.05) is 0 Å². The van der Waals surface area contributed by atoms with E-state index >= 15 is 0 Å². The predicted molar refractivity (Wildman–Crippen MR) is 147 cm³/mol. The van der Waals surface area contributed by atoms with Gasteiger partial charge in [0.25, 0.3) is 0 Å². The van der Waals surface area contributed by atoms with Crippen molar-refractivity contribution in [2.24, 2.45) is 5.41 Å². The zero-order valence-electron chi connectivity index (χ0n) is 23.1. The van der Waals surface area contributed by atoms with E-state index in [0.29, 0.717) is 74.1 Å². The highest BCUT2D eigenvalue weighted by molar-refractivity contribution is 5.88. The highest BCUT2D eigenvalue weighted by atomic mass is 19.2. The first kappa shape index (κ1) is 29.6. The number of aliphatic hydroxyl groups is 1. The van der Waals surface area contributed by atoms with E-state index in [0.717, 1.165) is 23.2 Å². The lowest BCUT2D eigenvalue weighted by Gasteiger charge is -2.39. The molecule has 40 heavy (non-hydrogen) atoms. The number of pyridine rings is 1. The van der Waals surface area contributed by atoms with Gasteiger partial charge in [-0.05, 0) is 94.1 Å². The van der Waals surface area contributed by atoms with E-state index < -0.39 is 34.9 Å². The van der Waals surface area contributed by atoms with Gasteiger partial charge in [0.05, 0.1) is 36.0 Å². The predicted octanol–water partition coefficient (Wildman–Crippen LogP) is 5.34.